The predicted octanol–water partition coefficient (Wildman–Crippen LogP) is 2.97. The molecule has 2 heterocycles. The van der Waals surface area contributed by atoms with Crippen molar-refractivity contribution in [3.63, 3.8) is 0 Å². The van der Waals surface area contributed by atoms with E-state index in [9.17, 15) is 28.8 Å². The highest BCUT2D eigenvalue weighted by molar-refractivity contribution is 5.93. The zero-order valence-electron chi connectivity index (χ0n) is 31.7. The van der Waals surface area contributed by atoms with Crippen LogP contribution in [0.3, 0.4) is 0 Å². The number of ether oxygens (including phenoxy) is 1. The lowest BCUT2D eigenvalue weighted by Gasteiger charge is -2.54. The molecule has 2 fully saturated rings. The first-order valence-corrected chi connectivity index (χ1v) is 18.6. The van der Waals surface area contributed by atoms with Crippen molar-refractivity contribution in [1.82, 2.24) is 31.1 Å². The second-order valence-electron chi connectivity index (χ2n) is 15.7. The lowest BCUT2D eigenvalue weighted by molar-refractivity contribution is -0.150. The van der Waals surface area contributed by atoms with Crippen molar-refractivity contribution in [2.45, 2.75) is 90.8 Å². The third kappa shape index (κ3) is 13.2. The average Bonchev–Trinajstić information content (AvgIpc) is 3.10. The van der Waals surface area contributed by atoms with Crippen LogP contribution in [0.4, 0.5) is 4.79 Å². The third-order valence-electron chi connectivity index (χ3n) is 9.54. The molecular weight excluding hydrogens is 676 g/mol. The van der Waals surface area contributed by atoms with E-state index in [4.69, 9.17) is 4.74 Å². The molecular formula is C40H56N6O7. The molecule has 2 aromatic carbocycles. The minimum Gasteiger partial charge on any atom is -0.444 e. The first-order valence-electron chi connectivity index (χ1n) is 18.6. The molecule has 4 N–H and O–H groups in total. The minimum absolute atomic E-state index is 0.00298. The molecule has 0 aromatic heterocycles. The summed E-state index contributed by atoms with van der Waals surface area (Å²) >= 11 is 0. The van der Waals surface area contributed by atoms with Gasteiger partial charge in [0.1, 0.15) is 17.7 Å². The van der Waals surface area contributed by atoms with Gasteiger partial charge in [-0.3, -0.25) is 24.0 Å². The average molecular weight is 733 g/mol. The molecule has 2 saturated heterocycles. The maximum Gasteiger partial charge on any atom is 0.408 e. The van der Waals surface area contributed by atoms with E-state index in [1.165, 1.54) is 0 Å². The van der Waals surface area contributed by atoms with Crippen molar-refractivity contribution in [3.05, 3.63) is 71.8 Å². The van der Waals surface area contributed by atoms with Gasteiger partial charge in [0.25, 0.3) is 0 Å². The van der Waals surface area contributed by atoms with E-state index in [1.54, 1.807) is 25.7 Å². The summed E-state index contributed by atoms with van der Waals surface area (Å²) in [5.41, 5.74) is 1.18. The Bertz CT molecular complexity index is 1560. The Morgan fingerprint density at radius 2 is 1.30 bits per heavy atom. The van der Waals surface area contributed by atoms with Gasteiger partial charge in [-0.25, -0.2) is 4.79 Å². The standard InChI is InChI=1S/C40H56N6O7/c1-28(2)22-31(43-33(47)24-41-37(51)32(23-30-14-10-7-11-15-30)44-38(52)53-39(3,4)5)36(50)42-25-35(49)46-26-40(27-46)18-20-45(21-19-40)34(48)17-16-29-12-8-6-9-13-29/h6-15,28,31-32H,16-27H2,1-5H3,(H,41,51)(H,42,50)(H,43,47)(H,44,52). The molecule has 53 heavy (non-hydrogen) atoms. The number of carbonyl (C=O) groups excluding carboxylic acids is 6. The molecule has 13 nitrogen and oxygen atoms in total. The van der Waals surface area contributed by atoms with Gasteiger partial charge in [-0.1, -0.05) is 74.5 Å². The van der Waals surface area contributed by atoms with Crippen molar-refractivity contribution in [3.8, 4) is 0 Å². The Labute approximate surface area is 312 Å². The summed E-state index contributed by atoms with van der Waals surface area (Å²) in [7, 11) is 0. The van der Waals surface area contributed by atoms with Crippen molar-refractivity contribution in [1.29, 1.82) is 0 Å². The summed E-state index contributed by atoms with van der Waals surface area (Å²) in [6.45, 7) is 10.9. The van der Waals surface area contributed by atoms with Gasteiger partial charge in [0, 0.05) is 44.4 Å². The zero-order valence-corrected chi connectivity index (χ0v) is 31.7. The number of likely N-dealkylation sites (tertiary alicyclic amines) is 2. The number of hydrogen-bond donors (Lipinski definition) is 4. The highest BCUT2D eigenvalue weighted by Crippen LogP contribution is 2.40. The number of amides is 6. The Kier molecular flexibility index (Phi) is 14.4. The van der Waals surface area contributed by atoms with Gasteiger partial charge < -0.3 is 35.8 Å². The largest absolute Gasteiger partial charge is 0.444 e. The highest BCUT2D eigenvalue weighted by Gasteiger charge is 2.47. The van der Waals surface area contributed by atoms with E-state index in [2.05, 4.69) is 21.3 Å². The second kappa shape index (κ2) is 18.7. The first kappa shape index (κ1) is 40.8. The van der Waals surface area contributed by atoms with Crippen LogP contribution in [0.5, 0.6) is 0 Å². The topological polar surface area (TPSA) is 166 Å². The molecule has 2 atom stereocenters. The molecule has 13 heteroatoms. The van der Waals surface area contributed by atoms with Crippen LogP contribution < -0.4 is 21.3 Å². The summed E-state index contributed by atoms with van der Waals surface area (Å²) in [6.07, 6.45) is 2.61. The van der Waals surface area contributed by atoms with Crippen LogP contribution in [0.2, 0.25) is 0 Å². The van der Waals surface area contributed by atoms with Crippen molar-refractivity contribution in [2.75, 3.05) is 39.3 Å². The Morgan fingerprint density at radius 3 is 1.89 bits per heavy atom. The summed E-state index contributed by atoms with van der Waals surface area (Å²) in [5.74, 6) is -1.65. The summed E-state index contributed by atoms with van der Waals surface area (Å²) in [6, 6.07) is 17.2. The lowest BCUT2D eigenvalue weighted by atomic mass is 9.72. The molecule has 6 amide bonds. The monoisotopic (exact) mass is 732 g/mol. The smallest absolute Gasteiger partial charge is 0.408 e. The van der Waals surface area contributed by atoms with Crippen LogP contribution in [0.1, 0.15) is 71.4 Å². The van der Waals surface area contributed by atoms with Crippen LogP contribution >= 0.6 is 0 Å². The van der Waals surface area contributed by atoms with Crippen molar-refractivity contribution >= 4 is 35.6 Å². The predicted molar refractivity (Wildman–Crippen MR) is 200 cm³/mol. The number of aryl methyl sites for hydroxylation is 1. The number of alkyl carbamates (subject to hydrolysis) is 1. The SMILES string of the molecule is CC(C)CC(NC(=O)CNC(=O)C(Cc1ccccc1)NC(=O)OC(C)(C)C)C(=O)NCC(=O)N1CC2(CCN(C(=O)CCc3ccccc3)CC2)C1. The van der Waals surface area contributed by atoms with E-state index in [0.29, 0.717) is 39.0 Å². The summed E-state index contributed by atoms with van der Waals surface area (Å²) in [4.78, 5) is 81.3. The molecule has 0 radical (unpaired) electrons. The number of benzene rings is 2. The molecule has 2 aromatic rings. The number of rotatable bonds is 15. The molecule has 0 bridgehead atoms. The fraction of sp³-hybridized carbons (Fsp3) is 0.550. The van der Waals surface area contributed by atoms with Gasteiger partial charge in [0.05, 0.1) is 13.1 Å². The third-order valence-corrected chi connectivity index (χ3v) is 9.54. The normalized spacial score (nSPS) is 16.2. The Balaban J connectivity index is 1.20. The van der Waals surface area contributed by atoms with E-state index in [0.717, 1.165) is 30.4 Å². The van der Waals surface area contributed by atoms with Gasteiger partial charge >= 0.3 is 6.09 Å². The van der Waals surface area contributed by atoms with Crippen LogP contribution in [0.15, 0.2) is 60.7 Å². The maximum absolute atomic E-state index is 13.2. The highest BCUT2D eigenvalue weighted by atomic mass is 16.6. The molecule has 2 unspecified atom stereocenters. The number of nitrogens with zero attached hydrogens (tertiary/aromatic N) is 2. The van der Waals surface area contributed by atoms with Crippen LogP contribution in [0.25, 0.3) is 0 Å². The second-order valence-corrected chi connectivity index (χ2v) is 15.7. The van der Waals surface area contributed by atoms with E-state index < -0.39 is 48.0 Å². The maximum atomic E-state index is 13.2. The molecule has 2 aliphatic rings. The molecule has 0 saturated carbocycles. The fourth-order valence-corrected chi connectivity index (χ4v) is 6.69. The van der Waals surface area contributed by atoms with Gasteiger partial charge in [0.15, 0.2) is 0 Å². The summed E-state index contributed by atoms with van der Waals surface area (Å²) < 4.78 is 5.33. The van der Waals surface area contributed by atoms with Gasteiger partial charge in [0.2, 0.25) is 29.5 Å². The molecule has 288 valence electrons. The Morgan fingerprint density at radius 1 is 0.736 bits per heavy atom. The van der Waals surface area contributed by atoms with E-state index >= 15 is 0 Å². The van der Waals surface area contributed by atoms with Crippen LogP contribution in [-0.2, 0) is 41.6 Å². The van der Waals surface area contributed by atoms with Gasteiger partial charge in [-0.2, -0.15) is 0 Å². The van der Waals surface area contributed by atoms with E-state index in [-0.39, 0.29) is 36.1 Å². The molecule has 0 aliphatic carbocycles. The summed E-state index contributed by atoms with van der Waals surface area (Å²) in [5, 5.41) is 10.5. The first-order chi connectivity index (χ1) is 25.1. The number of nitrogens with one attached hydrogen (secondary N) is 4. The van der Waals surface area contributed by atoms with Crippen molar-refractivity contribution in [2.24, 2.45) is 11.3 Å². The van der Waals surface area contributed by atoms with Crippen LogP contribution in [0, 0.1) is 11.3 Å². The Hall–Kier alpha value is -4.94. The van der Waals surface area contributed by atoms with E-state index in [1.807, 2.05) is 79.4 Å². The lowest BCUT2D eigenvalue weighted by Crippen LogP contribution is -2.63. The van der Waals surface area contributed by atoms with Gasteiger partial charge in [-0.15, -0.1) is 0 Å². The van der Waals surface area contributed by atoms with Crippen LogP contribution in [-0.4, -0.2) is 102 Å². The molecule has 4 rings (SSSR count). The number of carbonyl (C=O) groups is 6. The molecule has 1 spiro atoms. The van der Waals surface area contributed by atoms with Gasteiger partial charge in [-0.05, 0) is 63.5 Å². The quantitative estimate of drug-likeness (QED) is 0.219. The van der Waals surface area contributed by atoms with Crippen molar-refractivity contribution < 1.29 is 33.5 Å². The fourth-order valence-electron chi connectivity index (χ4n) is 6.69. The zero-order chi connectivity index (χ0) is 38.6. The minimum atomic E-state index is -1.01. The molecule has 2 aliphatic heterocycles. The number of hydrogen-bond acceptors (Lipinski definition) is 7. The number of piperidine rings is 1.